The number of halogens is 2. The van der Waals surface area contributed by atoms with Gasteiger partial charge in [-0.25, -0.2) is 4.98 Å². The van der Waals surface area contributed by atoms with E-state index in [0.29, 0.717) is 24.7 Å². The molecule has 1 aromatic carbocycles. The molecule has 5 nitrogen and oxygen atoms in total. The monoisotopic (exact) mass is 461 g/mol. The predicted molar refractivity (Wildman–Crippen MR) is 102 cm³/mol. The number of ether oxygens (including phenoxy) is 2. The summed E-state index contributed by atoms with van der Waals surface area (Å²) in [6.07, 6.45) is 1.71. The van der Waals surface area contributed by atoms with Gasteiger partial charge in [0, 0.05) is 15.4 Å². The highest BCUT2D eigenvalue weighted by Gasteiger charge is 2.16. The van der Waals surface area contributed by atoms with Gasteiger partial charge in [0.1, 0.15) is 0 Å². The van der Waals surface area contributed by atoms with Crippen LogP contribution in [0.2, 0.25) is 0 Å². The first-order valence-electron chi connectivity index (χ1n) is 7.05. The van der Waals surface area contributed by atoms with Crippen molar-refractivity contribution in [2.45, 2.75) is 20.8 Å². The van der Waals surface area contributed by atoms with Crippen LogP contribution in [0.4, 0.5) is 5.13 Å². The van der Waals surface area contributed by atoms with E-state index < -0.39 is 0 Å². The molecule has 0 aliphatic carbocycles. The topological polar surface area (TPSA) is 55.7 Å². The smallest absolute Gasteiger partial charge is 0.203 e. The summed E-state index contributed by atoms with van der Waals surface area (Å²) in [5, 5.41) is 6.95. The third-order valence-electron chi connectivity index (χ3n) is 2.73. The van der Waals surface area contributed by atoms with Gasteiger partial charge in [-0.1, -0.05) is 0 Å². The van der Waals surface area contributed by atoms with Crippen LogP contribution in [0.3, 0.4) is 0 Å². The number of hydrazone groups is 1. The van der Waals surface area contributed by atoms with E-state index in [2.05, 4.69) is 47.4 Å². The van der Waals surface area contributed by atoms with Crippen molar-refractivity contribution in [2.75, 3.05) is 18.6 Å². The average molecular weight is 463 g/mol. The van der Waals surface area contributed by atoms with E-state index in [1.165, 1.54) is 11.3 Å². The van der Waals surface area contributed by atoms with Crippen LogP contribution in [-0.2, 0) is 0 Å². The van der Waals surface area contributed by atoms with E-state index in [4.69, 9.17) is 9.47 Å². The van der Waals surface area contributed by atoms with Gasteiger partial charge < -0.3 is 9.47 Å². The Morgan fingerprint density at radius 3 is 2.61 bits per heavy atom. The van der Waals surface area contributed by atoms with Crippen molar-refractivity contribution >= 4 is 54.5 Å². The molecule has 1 N–H and O–H groups in total. The van der Waals surface area contributed by atoms with Crippen molar-refractivity contribution in [2.24, 2.45) is 5.10 Å². The number of nitrogens with zero attached hydrogens (tertiary/aromatic N) is 2. The second kappa shape index (κ2) is 8.65. The molecule has 0 saturated heterocycles. The zero-order valence-electron chi connectivity index (χ0n) is 13.0. The fourth-order valence-electron chi connectivity index (χ4n) is 1.80. The molecule has 0 saturated carbocycles. The summed E-state index contributed by atoms with van der Waals surface area (Å²) in [5.74, 6) is 1.36. The first-order valence-corrected chi connectivity index (χ1v) is 9.52. The lowest BCUT2D eigenvalue weighted by atomic mass is 10.2. The lowest BCUT2D eigenvalue weighted by molar-refractivity contribution is 0.286. The van der Waals surface area contributed by atoms with Crippen molar-refractivity contribution in [1.29, 1.82) is 0 Å². The van der Waals surface area contributed by atoms with Gasteiger partial charge in [-0.05, 0) is 58.7 Å². The van der Waals surface area contributed by atoms with Crippen LogP contribution in [0.1, 0.15) is 25.1 Å². The van der Waals surface area contributed by atoms with Crippen molar-refractivity contribution < 1.29 is 9.47 Å². The number of benzene rings is 1. The molecule has 1 aromatic heterocycles. The van der Waals surface area contributed by atoms with Crippen LogP contribution in [0.15, 0.2) is 25.5 Å². The van der Waals surface area contributed by atoms with E-state index in [1.807, 2.05) is 32.2 Å². The third-order valence-corrected chi connectivity index (χ3v) is 5.74. The Hall–Kier alpha value is -1.12. The summed E-state index contributed by atoms with van der Waals surface area (Å²) in [4.78, 5) is 4.30. The standard InChI is InChI=1S/C15H17Br2N3O2S/c1-4-21-11-6-10(12(16)13(17)14(11)22-5-2)7-18-20-15-19-9(3)8-23-15/h6-8H,4-5H2,1-3H3,(H,19,20). The van der Waals surface area contributed by atoms with Gasteiger partial charge in [0.05, 0.1) is 29.6 Å². The second-order valence-corrected chi connectivity index (χ2v) is 6.90. The number of rotatable bonds is 7. The normalized spacial score (nSPS) is 11.0. The quantitative estimate of drug-likeness (QED) is 0.452. The summed E-state index contributed by atoms with van der Waals surface area (Å²) in [6.45, 7) is 6.93. The highest BCUT2D eigenvalue weighted by atomic mass is 79.9. The maximum absolute atomic E-state index is 5.67. The molecule has 2 rings (SSSR count). The molecule has 1 heterocycles. The number of nitrogens with one attached hydrogen (secondary N) is 1. The molecule has 0 unspecified atom stereocenters. The minimum absolute atomic E-state index is 0.557. The van der Waals surface area contributed by atoms with Crippen LogP contribution in [0, 0.1) is 6.92 Å². The summed E-state index contributed by atoms with van der Waals surface area (Å²) in [5.41, 5.74) is 4.75. The molecule has 0 bridgehead atoms. The molecule has 0 amide bonds. The maximum Gasteiger partial charge on any atom is 0.203 e. The van der Waals surface area contributed by atoms with Crippen molar-refractivity contribution in [3.05, 3.63) is 31.6 Å². The molecular formula is C15H17Br2N3O2S. The first kappa shape index (κ1) is 18.2. The highest BCUT2D eigenvalue weighted by Crippen LogP contribution is 2.42. The van der Waals surface area contributed by atoms with E-state index in [1.54, 1.807) is 6.21 Å². The van der Waals surface area contributed by atoms with Crippen molar-refractivity contribution in [1.82, 2.24) is 4.98 Å². The molecule has 0 aliphatic heterocycles. The molecule has 23 heavy (non-hydrogen) atoms. The summed E-state index contributed by atoms with van der Waals surface area (Å²) in [7, 11) is 0. The van der Waals surface area contributed by atoms with Crippen molar-refractivity contribution in [3.8, 4) is 11.5 Å². The lowest BCUT2D eigenvalue weighted by Crippen LogP contribution is -2.01. The van der Waals surface area contributed by atoms with Gasteiger partial charge in [-0.15, -0.1) is 11.3 Å². The Morgan fingerprint density at radius 2 is 2.00 bits per heavy atom. The zero-order valence-corrected chi connectivity index (χ0v) is 17.0. The van der Waals surface area contributed by atoms with Crippen LogP contribution in [0.5, 0.6) is 11.5 Å². The number of aryl methyl sites for hydroxylation is 1. The van der Waals surface area contributed by atoms with E-state index in [-0.39, 0.29) is 0 Å². The largest absolute Gasteiger partial charge is 0.490 e. The van der Waals surface area contributed by atoms with E-state index in [9.17, 15) is 0 Å². The first-order chi connectivity index (χ1) is 11.1. The Labute approximate surface area is 156 Å². The molecule has 0 radical (unpaired) electrons. The van der Waals surface area contributed by atoms with Crippen LogP contribution in [0.25, 0.3) is 0 Å². The van der Waals surface area contributed by atoms with Crippen molar-refractivity contribution in [3.63, 3.8) is 0 Å². The fourth-order valence-corrected chi connectivity index (χ4v) is 3.38. The number of anilines is 1. The Balaban J connectivity index is 2.26. The van der Waals surface area contributed by atoms with Gasteiger partial charge in [0.15, 0.2) is 11.5 Å². The Bertz CT molecular complexity index is 704. The molecule has 8 heteroatoms. The number of hydrogen-bond donors (Lipinski definition) is 1. The Kier molecular flexibility index (Phi) is 6.86. The molecule has 124 valence electrons. The number of hydrogen-bond acceptors (Lipinski definition) is 6. The highest BCUT2D eigenvalue weighted by molar-refractivity contribution is 9.13. The molecular weight excluding hydrogens is 446 g/mol. The van der Waals surface area contributed by atoms with Gasteiger partial charge in [-0.3, -0.25) is 5.43 Å². The molecule has 2 aromatic rings. The van der Waals surface area contributed by atoms with Gasteiger partial charge in [-0.2, -0.15) is 5.10 Å². The fraction of sp³-hybridized carbons (Fsp3) is 0.333. The minimum atomic E-state index is 0.557. The number of aromatic nitrogens is 1. The summed E-state index contributed by atoms with van der Waals surface area (Å²) >= 11 is 8.62. The SMILES string of the molecule is CCOc1cc(C=NNc2nc(C)cs2)c(Br)c(Br)c1OCC. The van der Waals surface area contributed by atoms with E-state index >= 15 is 0 Å². The number of thiazole rings is 1. The summed E-state index contributed by atoms with van der Waals surface area (Å²) in [6, 6.07) is 1.89. The van der Waals surface area contributed by atoms with E-state index in [0.717, 1.165) is 25.3 Å². The maximum atomic E-state index is 5.67. The minimum Gasteiger partial charge on any atom is -0.490 e. The molecule has 0 spiro atoms. The van der Waals surface area contributed by atoms with Crippen LogP contribution in [-0.4, -0.2) is 24.4 Å². The van der Waals surface area contributed by atoms with Gasteiger partial charge >= 0.3 is 0 Å². The van der Waals surface area contributed by atoms with Crippen LogP contribution < -0.4 is 14.9 Å². The third kappa shape index (κ3) is 4.68. The predicted octanol–water partition coefficient (Wildman–Crippen LogP) is 5.22. The molecule has 0 aliphatic rings. The average Bonchev–Trinajstić information content (AvgIpc) is 2.94. The molecule has 0 fully saturated rings. The lowest BCUT2D eigenvalue weighted by Gasteiger charge is -2.15. The second-order valence-electron chi connectivity index (χ2n) is 4.45. The van der Waals surface area contributed by atoms with Gasteiger partial charge in [0.25, 0.3) is 0 Å². The van der Waals surface area contributed by atoms with Gasteiger partial charge in [0.2, 0.25) is 5.13 Å². The summed E-state index contributed by atoms with van der Waals surface area (Å²) < 4.78 is 13.0. The molecule has 0 atom stereocenters. The van der Waals surface area contributed by atoms with Crippen LogP contribution >= 0.6 is 43.2 Å². The Morgan fingerprint density at radius 1 is 1.26 bits per heavy atom. The zero-order chi connectivity index (χ0) is 16.8.